The fraction of sp³-hybridized carbons (Fsp3) is 0.158. The largest absolute Gasteiger partial charge is 0.497 e. The summed E-state index contributed by atoms with van der Waals surface area (Å²) in [6.07, 6.45) is 0. The van der Waals surface area contributed by atoms with E-state index in [1.165, 1.54) is 17.4 Å². The predicted molar refractivity (Wildman–Crippen MR) is 109 cm³/mol. The molecule has 2 N–H and O–H groups in total. The number of hydrogen-bond donors (Lipinski definition) is 2. The molecule has 1 unspecified atom stereocenters. The fourth-order valence-corrected chi connectivity index (χ4v) is 3.26. The number of benzene rings is 2. The molecule has 1 heterocycles. The van der Waals surface area contributed by atoms with Crippen LogP contribution in [-0.4, -0.2) is 35.2 Å². The standard InChI is InChI=1S/C19H17ClN4O3S/c1-11(21-17(26)13-4-3-5-14(20)10-13)16(25)22-19-24-23-18(28-19)12-6-8-15(27-2)9-7-12/h3-11H,1-2H3,(H,21,26)(H,22,24,25). The van der Waals surface area contributed by atoms with Crippen LogP contribution in [0, 0.1) is 0 Å². The van der Waals surface area contributed by atoms with Crippen LogP contribution in [0.2, 0.25) is 5.02 Å². The molecule has 144 valence electrons. The fourth-order valence-electron chi connectivity index (χ4n) is 2.31. The molecule has 3 rings (SSSR count). The second-order valence-corrected chi connectivity index (χ2v) is 7.25. The van der Waals surface area contributed by atoms with Crippen LogP contribution in [-0.2, 0) is 4.79 Å². The summed E-state index contributed by atoms with van der Waals surface area (Å²) in [4.78, 5) is 24.6. The van der Waals surface area contributed by atoms with Crippen LogP contribution in [0.5, 0.6) is 5.75 Å². The monoisotopic (exact) mass is 416 g/mol. The van der Waals surface area contributed by atoms with E-state index in [1.807, 2.05) is 24.3 Å². The van der Waals surface area contributed by atoms with Crippen LogP contribution in [0.15, 0.2) is 48.5 Å². The van der Waals surface area contributed by atoms with Crippen LogP contribution < -0.4 is 15.4 Å². The quantitative estimate of drug-likeness (QED) is 0.640. The molecular weight excluding hydrogens is 400 g/mol. The van der Waals surface area contributed by atoms with E-state index in [9.17, 15) is 9.59 Å². The number of rotatable bonds is 6. The van der Waals surface area contributed by atoms with Crippen molar-refractivity contribution in [2.24, 2.45) is 0 Å². The number of anilines is 1. The maximum Gasteiger partial charge on any atom is 0.251 e. The number of amides is 2. The van der Waals surface area contributed by atoms with E-state index < -0.39 is 11.9 Å². The normalized spacial score (nSPS) is 11.5. The van der Waals surface area contributed by atoms with Gasteiger partial charge in [0, 0.05) is 16.1 Å². The molecule has 1 atom stereocenters. The minimum Gasteiger partial charge on any atom is -0.497 e. The van der Waals surface area contributed by atoms with E-state index >= 15 is 0 Å². The molecule has 0 fully saturated rings. The Morgan fingerprint density at radius 1 is 1.14 bits per heavy atom. The van der Waals surface area contributed by atoms with E-state index in [-0.39, 0.29) is 5.91 Å². The van der Waals surface area contributed by atoms with Crippen LogP contribution in [0.4, 0.5) is 5.13 Å². The van der Waals surface area contributed by atoms with Gasteiger partial charge in [-0.2, -0.15) is 0 Å². The Labute approximate surface area is 170 Å². The molecule has 2 aromatic carbocycles. The lowest BCUT2D eigenvalue weighted by atomic mass is 10.2. The summed E-state index contributed by atoms with van der Waals surface area (Å²) in [6, 6.07) is 13.1. The van der Waals surface area contributed by atoms with Crippen molar-refractivity contribution < 1.29 is 14.3 Å². The van der Waals surface area contributed by atoms with Gasteiger partial charge in [-0.3, -0.25) is 14.9 Å². The first-order valence-electron chi connectivity index (χ1n) is 8.31. The first-order chi connectivity index (χ1) is 13.5. The molecule has 3 aromatic rings. The first-order valence-corrected chi connectivity index (χ1v) is 9.51. The molecule has 0 saturated heterocycles. The third-order valence-electron chi connectivity index (χ3n) is 3.82. The highest BCUT2D eigenvalue weighted by Crippen LogP contribution is 2.27. The molecule has 0 bridgehead atoms. The van der Waals surface area contributed by atoms with Crippen LogP contribution >= 0.6 is 22.9 Å². The topological polar surface area (TPSA) is 93.2 Å². The predicted octanol–water partition coefficient (Wildman–Crippen LogP) is 3.62. The minimum absolute atomic E-state index is 0.347. The Morgan fingerprint density at radius 2 is 1.89 bits per heavy atom. The Kier molecular flexibility index (Phi) is 6.23. The van der Waals surface area contributed by atoms with Gasteiger partial charge in [0.2, 0.25) is 11.0 Å². The second kappa shape index (κ2) is 8.81. The Morgan fingerprint density at radius 3 is 2.57 bits per heavy atom. The van der Waals surface area contributed by atoms with Crippen molar-refractivity contribution in [2.45, 2.75) is 13.0 Å². The third-order valence-corrected chi connectivity index (χ3v) is 4.94. The summed E-state index contributed by atoms with van der Waals surface area (Å²) in [7, 11) is 1.60. The summed E-state index contributed by atoms with van der Waals surface area (Å²) >= 11 is 7.12. The van der Waals surface area contributed by atoms with Crippen molar-refractivity contribution in [3.63, 3.8) is 0 Å². The van der Waals surface area contributed by atoms with Gasteiger partial charge < -0.3 is 10.1 Å². The Bertz CT molecular complexity index is 991. The SMILES string of the molecule is COc1ccc(-c2nnc(NC(=O)C(C)NC(=O)c3cccc(Cl)c3)s2)cc1. The molecule has 0 aliphatic carbocycles. The number of nitrogens with one attached hydrogen (secondary N) is 2. The lowest BCUT2D eigenvalue weighted by molar-refractivity contribution is -0.117. The molecule has 1 aromatic heterocycles. The summed E-state index contributed by atoms with van der Waals surface area (Å²) in [5.74, 6) is -0.0415. The van der Waals surface area contributed by atoms with Crippen molar-refractivity contribution >= 4 is 39.9 Å². The van der Waals surface area contributed by atoms with Gasteiger partial charge in [0.1, 0.15) is 16.8 Å². The number of halogens is 1. The average Bonchev–Trinajstić information content (AvgIpc) is 3.16. The molecule has 0 spiro atoms. The molecule has 0 aliphatic heterocycles. The Balaban J connectivity index is 1.61. The summed E-state index contributed by atoms with van der Waals surface area (Å²) in [5, 5.41) is 14.8. The third kappa shape index (κ3) is 4.85. The van der Waals surface area contributed by atoms with E-state index in [0.29, 0.717) is 20.7 Å². The molecule has 2 amide bonds. The molecule has 28 heavy (non-hydrogen) atoms. The van der Waals surface area contributed by atoms with E-state index in [2.05, 4.69) is 20.8 Å². The molecule has 9 heteroatoms. The van der Waals surface area contributed by atoms with Crippen molar-refractivity contribution in [3.05, 3.63) is 59.1 Å². The molecule has 0 radical (unpaired) electrons. The molecule has 0 aliphatic rings. The highest BCUT2D eigenvalue weighted by Gasteiger charge is 2.18. The highest BCUT2D eigenvalue weighted by molar-refractivity contribution is 7.18. The van der Waals surface area contributed by atoms with E-state index in [1.54, 1.807) is 32.2 Å². The Hall–Kier alpha value is -2.97. The van der Waals surface area contributed by atoms with Crippen LogP contribution in [0.3, 0.4) is 0 Å². The maximum atomic E-state index is 12.3. The van der Waals surface area contributed by atoms with Gasteiger partial charge in [-0.05, 0) is 49.4 Å². The van der Waals surface area contributed by atoms with Crippen LogP contribution in [0.25, 0.3) is 10.6 Å². The van der Waals surface area contributed by atoms with Crippen molar-refractivity contribution in [2.75, 3.05) is 12.4 Å². The van der Waals surface area contributed by atoms with Crippen molar-refractivity contribution in [1.29, 1.82) is 0 Å². The van der Waals surface area contributed by atoms with Gasteiger partial charge in [0.25, 0.3) is 5.91 Å². The van der Waals surface area contributed by atoms with Crippen LogP contribution in [0.1, 0.15) is 17.3 Å². The van der Waals surface area contributed by atoms with Gasteiger partial charge >= 0.3 is 0 Å². The zero-order chi connectivity index (χ0) is 20.1. The summed E-state index contributed by atoms with van der Waals surface area (Å²) in [5.41, 5.74) is 1.24. The number of methoxy groups -OCH3 is 1. The molecular formula is C19H17ClN4O3S. The minimum atomic E-state index is -0.764. The van der Waals surface area contributed by atoms with E-state index in [4.69, 9.17) is 16.3 Å². The van der Waals surface area contributed by atoms with E-state index in [0.717, 1.165) is 11.3 Å². The summed E-state index contributed by atoms with van der Waals surface area (Å²) in [6.45, 7) is 1.59. The lowest BCUT2D eigenvalue weighted by Gasteiger charge is -2.12. The number of ether oxygens (including phenoxy) is 1. The van der Waals surface area contributed by atoms with Gasteiger partial charge in [0.05, 0.1) is 7.11 Å². The van der Waals surface area contributed by atoms with Crippen molar-refractivity contribution in [3.8, 4) is 16.3 Å². The highest BCUT2D eigenvalue weighted by atomic mass is 35.5. The molecule has 7 nitrogen and oxygen atoms in total. The zero-order valence-electron chi connectivity index (χ0n) is 15.1. The van der Waals surface area contributed by atoms with Crippen molar-refractivity contribution in [1.82, 2.24) is 15.5 Å². The average molecular weight is 417 g/mol. The number of carbonyl (C=O) groups is 2. The van der Waals surface area contributed by atoms with Gasteiger partial charge in [-0.1, -0.05) is 29.0 Å². The molecule has 0 saturated carbocycles. The number of carbonyl (C=O) groups excluding carboxylic acids is 2. The number of nitrogens with zero attached hydrogens (tertiary/aromatic N) is 2. The van der Waals surface area contributed by atoms with Gasteiger partial charge in [-0.15, -0.1) is 10.2 Å². The summed E-state index contributed by atoms with van der Waals surface area (Å²) < 4.78 is 5.13. The smallest absolute Gasteiger partial charge is 0.251 e. The maximum absolute atomic E-state index is 12.3. The first kappa shape index (κ1) is 19.8. The zero-order valence-corrected chi connectivity index (χ0v) is 16.7. The number of hydrogen-bond acceptors (Lipinski definition) is 6. The second-order valence-electron chi connectivity index (χ2n) is 5.84. The number of aromatic nitrogens is 2. The van der Waals surface area contributed by atoms with Gasteiger partial charge in [-0.25, -0.2) is 0 Å². The lowest BCUT2D eigenvalue weighted by Crippen LogP contribution is -2.41. The van der Waals surface area contributed by atoms with Gasteiger partial charge in [0.15, 0.2) is 0 Å².